The van der Waals surface area contributed by atoms with Gasteiger partial charge in [0.05, 0.1) is 36.9 Å². The third-order valence-electron chi connectivity index (χ3n) is 5.17. The smallest absolute Gasteiger partial charge is 0.145 e. The summed E-state index contributed by atoms with van der Waals surface area (Å²) in [7, 11) is 0. The molecule has 162 valence electrons. The molecule has 3 heterocycles. The van der Waals surface area contributed by atoms with E-state index in [1.165, 1.54) is 0 Å². The van der Waals surface area contributed by atoms with Gasteiger partial charge in [0, 0.05) is 24.2 Å². The molecule has 0 bridgehead atoms. The average molecular weight is 428 g/mol. The highest BCUT2D eigenvalue weighted by Crippen LogP contribution is 2.25. The summed E-state index contributed by atoms with van der Waals surface area (Å²) >= 11 is 0. The van der Waals surface area contributed by atoms with Gasteiger partial charge in [0.2, 0.25) is 0 Å². The highest BCUT2D eigenvalue weighted by atomic mass is 16.5. The van der Waals surface area contributed by atoms with Crippen LogP contribution in [0.5, 0.6) is 11.5 Å². The van der Waals surface area contributed by atoms with Gasteiger partial charge in [-0.3, -0.25) is 15.0 Å². The van der Waals surface area contributed by atoms with E-state index in [4.69, 9.17) is 14.5 Å². The van der Waals surface area contributed by atoms with Crippen molar-refractivity contribution in [3.63, 3.8) is 0 Å². The van der Waals surface area contributed by atoms with E-state index < -0.39 is 0 Å². The van der Waals surface area contributed by atoms with E-state index in [2.05, 4.69) is 25.6 Å². The van der Waals surface area contributed by atoms with Crippen molar-refractivity contribution in [3.8, 4) is 34.0 Å². The Hall–Kier alpha value is -3.94. The Balaban J connectivity index is 1.23. The van der Waals surface area contributed by atoms with Crippen LogP contribution in [0.25, 0.3) is 22.5 Å². The molecule has 5 rings (SSSR count). The molecule has 0 saturated carbocycles. The lowest BCUT2D eigenvalue weighted by Gasteiger charge is -2.09. The van der Waals surface area contributed by atoms with Crippen molar-refractivity contribution >= 4 is 11.7 Å². The first-order valence-electron chi connectivity index (χ1n) is 10.7. The van der Waals surface area contributed by atoms with Crippen molar-refractivity contribution in [2.75, 3.05) is 39.4 Å². The van der Waals surface area contributed by atoms with Crippen molar-refractivity contribution in [2.24, 2.45) is 9.98 Å². The molecule has 0 unspecified atom stereocenters. The number of aromatic nitrogens is 2. The highest BCUT2D eigenvalue weighted by Gasteiger charge is 2.09. The molecule has 0 saturated heterocycles. The Morgan fingerprint density at radius 3 is 1.53 bits per heavy atom. The number of ether oxygens (including phenoxy) is 2. The van der Waals surface area contributed by atoms with E-state index in [-0.39, 0.29) is 0 Å². The first-order chi connectivity index (χ1) is 15.8. The summed E-state index contributed by atoms with van der Waals surface area (Å²) in [5.41, 5.74) is 3.57. The lowest BCUT2D eigenvalue weighted by molar-refractivity contribution is 0.373. The Bertz CT molecular complexity index is 1040. The van der Waals surface area contributed by atoms with Gasteiger partial charge >= 0.3 is 0 Å². The minimum atomic E-state index is 0.457. The molecule has 8 nitrogen and oxygen atoms in total. The highest BCUT2D eigenvalue weighted by molar-refractivity contribution is 5.85. The maximum absolute atomic E-state index is 5.78. The topological polar surface area (TPSA) is 93.0 Å². The maximum Gasteiger partial charge on any atom is 0.145 e. The van der Waals surface area contributed by atoms with Crippen molar-refractivity contribution in [3.05, 3.63) is 60.9 Å². The van der Waals surface area contributed by atoms with E-state index in [0.29, 0.717) is 13.2 Å². The van der Waals surface area contributed by atoms with Crippen LogP contribution in [-0.4, -0.2) is 61.0 Å². The van der Waals surface area contributed by atoms with Crippen molar-refractivity contribution in [1.29, 1.82) is 0 Å². The van der Waals surface area contributed by atoms with Gasteiger partial charge in [-0.2, -0.15) is 0 Å². The molecule has 32 heavy (non-hydrogen) atoms. The molecule has 8 heteroatoms. The molecule has 0 fully saturated rings. The summed E-state index contributed by atoms with van der Waals surface area (Å²) in [6.45, 7) is 4.31. The van der Waals surface area contributed by atoms with Gasteiger partial charge in [0.1, 0.15) is 36.4 Å². The van der Waals surface area contributed by atoms with Gasteiger partial charge in [0.15, 0.2) is 0 Å². The van der Waals surface area contributed by atoms with Gasteiger partial charge in [-0.05, 0) is 48.5 Å². The molecule has 0 amide bonds. The quantitative estimate of drug-likeness (QED) is 0.573. The second kappa shape index (κ2) is 9.47. The summed E-state index contributed by atoms with van der Waals surface area (Å²) in [6, 6.07) is 15.7. The fourth-order valence-corrected chi connectivity index (χ4v) is 3.48. The molecule has 3 aromatic rings. The van der Waals surface area contributed by atoms with Crippen LogP contribution in [0.1, 0.15) is 0 Å². The van der Waals surface area contributed by atoms with E-state index in [9.17, 15) is 0 Å². The van der Waals surface area contributed by atoms with E-state index in [0.717, 1.165) is 71.9 Å². The summed E-state index contributed by atoms with van der Waals surface area (Å²) in [6.07, 6.45) is 3.53. The Kier molecular flexibility index (Phi) is 5.91. The van der Waals surface area contributed by atoms with Crippen LogP contribution < -0.4 is 20.1 Å². The van der Waals surface area contributed by atoms with Crippen molar-refractivity contribution in [2.45, 2.75) is 0 Å². The van der Waals surface area contributed by atoms with Gasteiger partial charge < -0.3 is 20.1 Å². The normalized spacial score (nSPS) is 14.9. The number of aliphatic imine (C=N–C) groups is 2. The molecule has 2 aromatic carbocycles. The van der Waals surface area contributed by atoms with E-state index in [1.807, 2.05) is 48.5 Å². The minimum absolute atomic E-state index is 0.457. The summed E-state index contributed by atoms with van der Waals surface area (Å²) in [5.74, 6) is 3.38. The van der Waals surface area contributed by atoms with Crippen LogP contribution in [0, 0.1) is 0 Å². The predicted octanol–water partition coefficient (Wildman–Crippen LogP) is 2.57. The van der Waals surface area contributed by atoms with Crippen LogP contribution >= 0.6 is 0 Å². The number of nitrogens with one attached hydrogen (secondary N) is 2. The lowest BCUT2D eigenvalue weighted by atomic mass is 10.1. The number of rotatable bonds is 8. The number of hydrogen-bond acceptors (Lipinski definition) is 8. The maximum atomic E-state index is 5.78. The zero-order valence-corrected chi connectivity index (χ0v) is 17.6. The molecule has 0 aliphatic carbocycles. The summed E-state index contributed by atoms with van der Waals surface area (Å²) in [4.78, 5) is 17.8. The van der Waals surface area contributed by atoms with Crippen molar-refractivity contribution in [1.82, 2.24) is 20.6 Å². The van der Waals surface area contributed by atoms with Gasteiger partial charge in [-0.25, -0.2) is 4.98 Å². The fraction of sp³-hybridized carbons (Fsp3) is 0.250. The molecule has 2 aliphatic rings. The second-order valence-electron chi connectivity index (χ2n) is 7.43. The number of benzene rings is 2. The first-order valence-corrected chi connectivity index (χ1v) is 10.7. The summed E-state index contributed by atoms with van der Waals surface area (Å²) in [5, 5.41) is 6.40. The third kappa shape index (κ3) is 4.85. The van der Waals surface area contributed by atoms with Gasteiger partial charge in [-0.15, -0.1) is 0 Å². The van der Waals surface area contributed by atoms with E-state index >= 15 is 0 Å². The Labute approximate surface area is 186 Å². The van der Waals surface area contributed by atoms with Crippen LogP contribution in [0.2, 0.25) is 0 Å². The summed E-state index contributed by atoms with van der Waals surface area (Å²) < 4.78 is 11.6. The second-order valence-corrected chi connectivity index (χ2v) is 7.43. The van der Waals surface area contributed by atoms with Crippen LogP contribution in [-0.2, 0) is 0 Å². The van der Waals surface area contributed by atoms with Gasteiger partial charge in [-0.1, -0.05) is 0 Å². The molecule has 0 atom stereocenters. The number of hydrogen-bond donors (Lipinski definition) is 2. The standard InChI is InChI=1S/C24H24N6O2/c1-5-19(31-15-23-26-9-10-27-23)6-2-17(1)21-13-25-14-22(30-21)18-3-7-20(8-4-18)32-16-24-28-11-12-29-24/h1-8,13-14H,9-12,15-16H2,(H,26,27)(H,28,29). The number of amidine groups is 2. The lowest BCUT2D eigenvalue weighted by Crippen LogP contribution is -2.24. The minimum Gasteiger partial charge on any atom is -0.486 e. The third-order valence-corrected chi connectivity index (χ3v) is 5.17. The zero-order valence-electron chi connectivity index (χ0n) is 17.6. The van der Waals surface area contributed by atoms with Crippen molar-refractivity contribution < 1.29 is 9.47 Å². The number of nitrogens with zero attached hydrogens (tertiary/aromatic N) is 4. The van der Waals surface area contributed by atoms with Crippen LogP contribution in [0.4, 0.5) is 0 Å². The largest absolute Gasteiger partial charge is 0.486 e. The fourth-order valence-electron chi connectivity index (χ4n) is 3.48. The molecule has 0 spiro atoms. The molecule has 1 aromatic heterocycles. The zero-order chi connectivity index (χ0) is 21.6. The monoisotopic (exact) mass is 428 g/mol. The van der Waals surface area contributed by atoms with Crippen LogP contribution in [0.3, 0.4) is 0 Å². The predicted molar refractivity (Wildman–Crippen MR) is 125 cm³/mol. The first kappa shape index (κ1) is 20.0. The molecular formula is C24H24N6O2. The van der Waals surface area contributed by atoms with E-state index in [1.54, 1.807) is 12.4 Å². The van der Waals surface area contributed by atoms with Crippen LogP contribution in [0.15, 0.2) is 70.9 Å². The molecule has 2 N–H and O–H groups in total. The Morgan fingerprint density at radius 2 is 1.12 bits per heavy atom. The Morgan fingerprint density at radius 1 is 0.656 bits per heavy atom. The van der Waals surface area contributed by atoms with Gasteiger partial charge in [0.25, 0.3) is 0 Å². The SMILES string of the molecule is c1cc(-c2cncc(-c3ccc(OCC4=NCCN4)cc3)n2)ccc1OCC1=NCCN1. The molecule has 0 radical (unpaired) electrons. The average Bonchev–Trinajstić information content (AvgIpc) is 3.57. The molecule has 2 aliphatic heterocycles. The molecular weight excluding hydrogens is 404 g/mol.